The summed E-state index contributed by atoms with van der Waals surface area (Å²) in [5, 5.41) is 0. The predicted octanol–water partition coefficient (Wildman–Crippen LogP) is 10.9. The number of hydrogen-bond donors (Lipinski definition) is 0. The third-order valence-corrected chi connectivity index (χ3v) is 7.27. The Kier molecular flexibility index (Phi) is 8.81. The molecule has 0 spiro atoms. The predicted molar refractivity (Wildman–Crippen MR) is 159 cm³/mol. The Morgan fingerprint density at radius 3 is 1.69 bits per heavy atom. The minimum atomic E-state index is 0.178. The quantitative estimate of drug-likeness (QED) is 0.200. The van der Waals surface area contributed by atoms with Crippen LogP contribution in [0.1, 0.15) is 77.3 Å². The van der Waals surface area contributed by atoms with E-state index in [2.05, 4.69) is 125 Å². The lowest BCUT2D eigenvalue weighted by molar-refractivity contribution is 0.590. The molecule has 0 unspecified atom stereocenters. The first-order valence-corrected chi connectivity index (χ1v) is 13.9. The van der Waals surface area contributed by atoms with Gasteiger partial charge in [0.1, 0.15) is 0 Å². The van der Waals surface area contributed by atoms with Crippen molar-refractivity contribution in [1.29, 1.82) is 0 Å². The zero-order valence-corrected chi connectivity index (χ0v) is 22.7. The van der Waals surface area contributed by atoms with E-state index in [1.807, 2.05) is 0 Å². The van der Waals surface area contributed by atoms with Crippen LogP contribution in [0.5, 0.6) is 0 Å². The molecule has 0 amide bonds. The van der Waals surface area contributed by atoms with Crippen molar-refractivity contribution < 1.29 is 0 Å². The summed E-state index contributed by atoms with van der Waals surface area (Å²) in [4.78, 5) is 0. The first-order chi connectivity index (χ1) is 17.5. The van der Waals surface area contributed by atoms with Crippen LogP contribution >= 0.6 is 0 Å². The molecule has 186 valence electrons. The van der Waals surface area contributed by atoms with E-state index in [9.17, 15) is 0 Å². The van der Waals surface area contributed by atoms with Gasteiger partial charge in [0.2, 0.25) is 0 Å². The second-order valence-corrected chi connectivity index (χ2v) is 11.2. The first kappa shape index (κ1) is 26.0. The highest BCUT2D eigenvalue weighted by Gasteiger charge is 2.13. The Hall–Kier alpha value is -3.12. The molecule has 36 heavy (non-hydrogen) atoms. The average Bonchev–Trinajstić information content (AvgIpc) is 2.91. The molecule has 0 atom stereocenters. The van der Waals surface area contributed by atoms with Crippen LogP contribution in [0.2, 0.25) is 0 Å². The smallest absolute Gasteiger partial charge is 0.0103 e. The second kappa shape index (κ2) is 12.2. The lowest BCUT2D eigenvalue weighted by Gasteiger charge is -2.19. The molecule has 0 aromatic heterocycles. The zero-order chi connectivity index (χ0) is 25.4. The van der Waals surface area contributed by atoms with Gasteiger partial charge in [0.25, 0.3) is 0 Å². The third kappa shape index (κ3) is 6.76. The summed E-state index contributed by atoms with van der Waals surface area (Å²) < 4.78 is 0. The first-order valence-electron chi connectivity index (χ1n) is 13.9. The monoisotopic (exact) mass is 474 g/mol. The fourth-order valence-corrected chi connectivity index (χ4v) is 4.97. The summed E-state index contributed by atoms with van der Waals surface area (Å²) in [6.07, 6.45) is 9.20. The second-order valence-electron chi connectivity index (χ2n) is 11.2. The fourth-order valence-electron chi connectivity index (χ4n) is 4.97. The topological polar surface area (TPSA) is 0 Å². The lowest BCUT2D eigenvalue weighted by atomic mass is 9.86. The van der Waals surface area contributed by atoms with E-state index in [4.69, 9.17) is 0 Å². The van der Waals surface area contributed by atoms with Crippen molar-refractivity contribution in [3.8, 4) is 33.4 Å². The Labute approximate surface area is 219 Å². The molecule has 0 aliphatic heterocycles. The van der Waals surface area contributed by atoms with Crippen molar-refractivity contribution in [3.05, 3.63) is 108 Å². The van der Waals surface area contributed by atoms with Crippen LogP contribution in [0.4, 0.5) is 0 Å². The maximum atomic E-state index is 2.43. The molecule has 0 saturated carbocycles. The van der Waals surface area contributed by atoms with Crippen LogP contribution in [0.15, 0.2) is 97.1 Å². The van der Waals surface area contributed by atoms with Gasteiger partial charge < -0.3 is 0 Å². The van der Waals surface area contributed by atoms with E-state index in [0.717, 1.165) is 6.42 Å². The van der Waals surface area contributed by atoms with Gasteiger partial charge in [-0.3, -0.25) is 0 Å². The zero-order valence-electron chi connectivity index (χ0n) is 22.7. The van der Waals surface area contributed by atoms with E-state index in [-0.39, 0.29) is 5.41 Å². The van der Waals surface area contributed by atoms with E-state index < -0.39 is 0 Å². The van der Waals surface area contributed by atoms with Crippen molar-refractivity contribution in [3.63, 3.8) is 0 Å². The Bertz CT molecular complexity index is 1210. The molecular formula is C36H42. The summed E-state index contributed by atoms with van der Waals surface area (Å²) in [5.74, 6) is 0. The number of rotatable bonds is 10. The molecular weight excluding hydrogens is 432 g/mol. The average molecular weight is 475 g/mol. The normalized spacial score (nSPS) is 11.6. The van der Waals surface area contributed by atoms with Gasteiger partial charge in [-0.15, -0.1) is 0 Å². The minimum Gasteiger partial charge on any atom is -0.0654 e. The van der Waals surface area contributed by atoms with E-state index in [1.54, 1.807) is 0 Å². The van der Waals surface area contributed by atoms with Crippen molar-refractivity contribution in [2.45, 2.75) is 78.1 Å². The largest absolute Gasteiger partial charge is 0.0654 e. The Morgan fingerprint density at radius 1 is 0.500 bits per heavy atom. The lowest BCUT2D eigenvalue weighted by Crippen LogP contribution is -2.10. The van der Waals surface area contributed by atoms with Crippen LogP contribution in [0, 0.1) is 0 Å². The Balaban J connectivity index is 1.56. The van der Waals surface area contributed by atoms with Gasteiger partial charge in [-0.25, -0.2) is 0 Å². The van der Waals surface area contributed by atoms with Crippen LogP contribution < -0.4 is 0 Å². The van der Waals surface area contributed by atoms with Crippen LogP contribution in [0.25, 0.3) is 33.4 Å². The molecule has 4 aromatic carbocycles. The maximum Gasteiger partial charge on any atom is -0.0103 e. The molecule has 0 aliphatic rings. The van der Waals surface area contributed by atoms with Gasteiger partial charge >= 0.3 is 0 Å². The Morgan fingerprint density at radius 2 is 1.06 bits per heavy atom. The molecule has 0 aliphatic carbocycles. The molecule has 0 bridgehead atoms. The van der Waals surface area contributed by atoms with Crippen LogP contribution in [0.3, 0.4) is 0 Å². The number of unbranched alkanes of at least 4 members (excludes halogenated alkanes) is 5. The number of aryl methyl sites for hydroxylation is 1. The summed E-state index contributed by atoms with van der Waals surface area (Å²) in [6, 6.07) is 36.1. The van der Waals surface area contributed by atoms with E-state index in [1.165, 1.54) is 83.0 Å². The fraction of sp³-hybridized carbons (Fsp3) is 0.333. The number of benzene rings is 4. The van der Waals surface area contributed by atoms with Crippen molar-refractivity contribution in [1.82, 2.24) is 0 Å². The summed E-state index contributed by atoms with van der Waals surface area (Å²) >= 11 is 0. The summed E-state index contributed by atoms with van der Waals surface area (Å²) in [6.45, 7) is 9.07. The van der Waals surface area contributed by atoms with Crippen molar-refractivity contribution in [2.24, 2.45) is 0 Å². The van der Waals surface area contributed by atoms with Gasteiger partial charge in [-0.2, -0.15) is 0 Å². The van der Waals surface area contributed by atoms with Crippen LogP contribution in [-0.4, -0.2) is 0 Å². The van der Waals surface area contributed by atoms with Crippen LogP contribution in [-0.2, 0) is 11.8 Å². The molecule has 0 radical (unpaired) electrons. The summed E-state index contributed by atoms with van der Waals surface area (Å²) in [7, 11) is 0. The highest BCUT2D eigenvalue weighted by molar-refractivity contribution is 5.84. The summed E-state index contributed by atoms with van der Waals surface area (Å²) in [5.41, 5.74) is 10.7. The molecule has 0 nitrogen and oxygen atoms in total. The van der Waals surface area contributed by atoms with E-state index >= 15 is 0 Å². The van der Waals surface area contributed by atoms with Gasteiger partial charge in [-0.1, -0.05) is 157 Å². The minimum absolute atomic E-state index is 0.178. The van der Waals surface area contributed by atoms with Crippen molar-refractivity contribution >= 4 is 0 Å². The number of hydrogen-bond acceptors (Lipinski definition) is 0. The van der Waals surface area contributed by atoms with Gasteiger partial charge in [0, 0.05) is 0 Å². The van der Waals surface area contributed by atoms with Gasteiger partial charge in [0.05, 0.1) is 0 Å². The molecule has 0 heterocycles. The molecule has 0 N–H and O–H groups in total. The standard InChI is InChI=1S/C36H42/c1-5-6-7-8-9-11-14-28-17-26-34(35(27-28)31-15-12-10-13-16-31)32-20-18-29(19-21-32)30-22-24-33(25-23-30)36(2,3)4/h10,12-13,15-27H,5-9,11,14H2,1-4H3. The molecule has 0 heteroatoms. The molecule has 4 aromatic rings. The maximum absolute atomic E-state index is 2.43. The SMILES string of the molecule is CCCCCCCCc1ccc(-c2ccc(-c3ccc(C(C)(C)C)cc3)cc2)c(-c2ccccc2)c1. The molecule has 4 rings (SSSR count). The molecule has 0 fully saturated rings. The van der Waals surface area contributed by atoms with Crippen molar-refractivity contribution in [2.75, 3.05) is 0 Å². The van der Waals surface area contributed by atoms with Gasteiger partial charge in [-0.05, 0) is 62.8 Å². The van der Waals surface area contributed by atoms with Gasteiger partial charge in [0.15, 0.2) is 0 Å². The van der Waals surface area contributed by atoms with E-state index in [0.29, 0.717) is 0 Å². The highest BCUT2D eigenvalue weighted by Crippen LogP contribution is 2.35. The molecule has 0 saturated heterocycles. The third-order valence-electron chi connectivity index (χ3n) is 7.27. The highest BCUT2D eigenvalue weighted by atomic mass is 14.2.